The normalized spacial score (nSPS) is 15.2. The first kappa shape index (κ1) is 19.6. The summed E-state index contributed by atoms with van der Waals surface area (Å²) in [5.41, 5.74) is 1.36. The molecule has 0 saturated carbocycles. The van der Waals surface area contributed by atoms with Gasteiger partial charge in [0.25, 0.3) is 11.7 Å². The lowest BCUT2D eigenvalue weighted by molar-refractivity contribution is 0.0951. The maximum absolute atomic E-state index is 12.3. The third-order valence-electron chi connectivity index (χ3n) is 4.71. The van der Waals surface area contributed by atoms with E-state index in [1.165, 1.54) is 25.0 Å². The van der Waals surface area contributed by atoms with Gasteiger partial charge in [-0.25, -0.2) is 4.98 Å². The van der Waals surface area contributed by atoms with Gasteiger partial charge >= 0.3 is 0 Å². The number of nitrogens with zero attached hydrogens (tertiary/aromatic N) is 2. The Morgan fingerprint density at radius 2 is 1.93 bits per heavy atom. The lowest BCUT2D eigenvalue weighted by Crippen LogP contribution is -2.33. The molecule has 4 nitrogen and oxygen atoms in total. The Labute approximate surface area is 162 Å². The van der Waals surface area contributed by atoms with Gasteiger partial charge in [-0.2, -0.15) is 8.78 Å². The molecule has 0 atom stereocenters. The van der Waals surface area contributed by atoms with E-state index >= 15 is 0 Å². The lowest BCUT2D eigenvalue weighted by Gasteiger charge is -2.31. The van der Waals surface area contributed by atoms with Crippen LogP contribution in [0, 0.1) is 5.92 Å². The third kappa shape index (κ3) is 5.66. The summed E-state index contributed by atoms with van der Waals surface area (Å²) in [5.74, 6) is -0.950. The molecule has 2 aromatic rings. The maximum Gasteiger partial charge on any atom is 0.288 e. The zero-order chi connectivity index (χ0) is 19.2. The first-order valence-electron chi connectivity index (χ1n) is 9.04. The van der Waals surface area contributed by atoms with Crippen molar-refractivity contribution in [3.8, 4) is 0 Å². The average molecular weight is 391 g/mol. The molecule has 1 aromatic carbocycles. The number of thioether (sulfide) groups is 1. The minimum atomic E-state index is -2.46. The van der Waals surface area contributed by atoms with E-state index in [2.05, 4.69) is 22.1 Å². The largest absolute Gasteiger partial charge is 0.357 e. The van der Waals surface area contributed by atoms with Crippen LogP contribution in [0.4, 0.5) is 14.6 Å². The highest BCUT2D eigenvalue weighted by Crippen LogP contribution is 2.25. The van der Waals surface area contributed by atoms with Gasteiger partial charge in [-0.1, -0.05) is 24.8 Å². The average Bonchev–Trinajstić information content (AvgIpc) is 2.67. The molecule has 0 bridgehead atoms. The van der Waals surface area contributed by atoms with Gasteiger partial charge in [-0.15, -0.1) is 0 Å². The summed E-state index contributed by atoms with van der Waals surface area (Å²) in [4.78, 5) is 19.5. The highest BCUT2D eigenvalue weighted by molar-refractivity contribution is 7.99. The van der Waals surface area contributed by atoms with Crippen LogP contribution in [0.5, 0.6) is 0 Å². The van der Waals surface area contributed by atoms with Crippen LogP contribution in [0.2, 0.25) is 0 Å². The maximum atomic E-state index is 12.3. The van der Waals surface area contributed by atoms with E-state index in [0.29, 0.717) is 28.8 Å². The monoisotopic (exact) mass is 391 g/mol. The number of rotatable bonds is 6. The molecule has 3 rings (SSSR count). The molecule has 0 radical (unpaired) electrons. The molecule has 1 aromatic heterocycles. The Hall–Kier alpha value is -2.15. The first-order chi connectivity index (χ1) is 13.0. The molecule has 1 fully saturated rings. The fraction of sp³-hybridized carbons (Fsp3) is 0.400. The minimum Gasteiger partial charge on any atom is -0.357 e. The molecule has 1 amide bonds. The van der Waals surface area contributed by atoms with Crippen molar-refractivity contribution in [2.75, 3.05) is 18.0 Å². The van der Waals surface area contributed by atoms with Gasteiger partial charge in [0.1, 0.15) is 5.82 Å². The smallest absolute Gasteiger partial charge is 0.288 e. The van der Waals surface area contributed by atoms with E-state index in [1.807, 2.05) is 12.1 Å². The zero-order valence-electron chi connectivity index (χ0n) is 15.2. The summed E-state index contributed by atoms with van der Waals surface area (Å²) in [7, 11) is 0. The fourth-order valence-electron chi connectivity index (χ4n) is 3.02. The van der Waals surface area contributed by atoms with Crippen molar-refractivity contribution < 1.29 is 13.6 Å². The number of carbonyl (C=O) groups is 1. The van der Waals surface area contributed by atoms with E-state index < -0.39 is 5.76 Å². The predicted octanol–water partition coefficient (Wildman–Crippen LogP) is 4.56. The Morgan fingerprint density at radius 3 is 2.52 bits per heavy atom. The molecule has 0 unspecified atom stereocenters. The van der Waals surface area contributed by atoms with Gasteiger partial charge in [0.2, 0.25) is 0 Å². The molecule has 27 heavy (non-hydrogen) atoms. The number of amides is 1. The van der Waals surface area contributed by atoms with Gasteiger partial charge in [0.15, 0.2) is 0 Å². The molecule has 1 saturated heterocycles. The van der Waals surface area contributed by atoms with Crippen molar-refractivity contribution in [1.29, 1.82) is 0 Å². The van der Waals surface area contributed by atoms with Crippen LogP contribution in [0.3, 0.4) is 0 Å². The van der Waals surface area contributed by atoms with E-state index in [0.717, 1.165) is 30.4 Å². The number of hydrogen-bond donors (Lipinski definition) is 1. The Balaban J connectivity index is 1.51. The Kier molecular flexibility index (Phi) is 6.66. The van der Waals surface area contributed by atoms with Crippen LogP contribution >= 0.6 is 11.8 Å². The number of pyridine rings is 1. The molecule has 7 heteroatoms. The molecular weight excluding hydrogens is 368 g/mol. The second-order valence-electron chi connectivity index (χ2n) is 6.78. The number of nitrogens with one attached hydrogen (secondary N) is 1. The summed E-state index contributed by atoms with van der Waals surface area (Å²) in [5, 5.41) is 2.83. The van der Waals surface area contributed by atoms with Crippen LogP contribution in [0.25, 0.3) is 0 Å². The second-order valence-corrected chi connectivity index (χ2v) is 7.84. The van der Waals surface area contributed by atoms with Crippen LogP contribution in [0.1, 0.15) is 35.7 Å². The number of halogens is 2. The summed E-state index contributed by atoms with van der Waals surface area (Å²) < 4.78 is 24.7. The van der Waals surface area contributed by atoms with Crippen LogP contribution in [0.15, 0.2) is 47.5 Å². The lowest BCUT2D eigenvalue weighted by atomic mass is 9.99. The van der Waals surface area contributed by atoms with Gasteiger partial charge in [0, 0.05) is 36.3 Å². The molecule has 2 heterocycles. The van der Waals surface area contributed by atoms with Gasteiger partial charge in [-0.05, 0) is 54.7 Å². The van der Waals surface area contributed by atoms with Crippen LogP contribution in [-0.2, 0) is 6.54 Å². The first-order valence-corrected chi connectivity index (χ1v) is 9.92. The molecule has 1 aliphatic heterocycles. The molecule has 1 aliphatic rings. The van der Waals surface area contributed by atoms with E-state index in [-0.39, 0.29) is 5.91 Å². The Bertz CT molecular complexity index is 745. The topological polar surface area (TPSA) is 45.2 Å². The number of anilines is 1. The number of piperidine rings is 1. The van der Waals surface area contributed by atoms with Crippen molar-refractivity contribution >= 4 is 23.5 Å². The third-order valence-corrected chi connectivity index (χ3v) is 5.43. The Morgan fingerprint density at radius 1 is 1.22 bits per heavy atom. The van der Waals surface area contributed by atoms with Crippen LogP contribution in [-0.4, -0.2) is 29.7 Å². The van der Waals surface area contributed by atoms with E-state index in [9.17, 15) is 13.6 Å². The number of aromatic nitrogens is 1. The standard InChI is InChI=1S/C20H23F2N3OS/c1-14-8-10-25(11-9-14)18-7-2-15(12-23-18)13-24-19(26)16-3-5-17(6-4-16)27-20(21)22/h2-7,12,14,20H,8-11,13H2,1H3,(H,24,26). The van der Waals surface area contributed by atoms with Crippen molar-refractivity contribution in [3.05, 3.63) is 53.7 Å². The van der Waals surface area contributed by atoms with Crippen molar-refractivity contribution in [2.24, 2.45) is 5.92 Å². The molecule has 0 aliphatic carbocycles. The van der Waals surface area contributed by atoms with Gasteiger partial charge in [-0.3, -0.25) is 4.79 Å². The van der Waals surface area contributed by atoms with Crippen molar-refractivity contribution in [3.63, 3.8) is 0 Å². The quantitative estimate of drug-likeness (QED) is 0.733. The number of benzene rings is 1. The second kappa shape index (κ2) is 9.17. The SMILES string of the molecule is CC1CCN(c2ccc(CNC(=O)c3ccc(SC(F)F)cc3)cn2)CC1. The van der Waals surface area contributed by atoms with Gasteiger partial charge < -0.3 is 10.2 Å². The molecular formula is C20H23F2N3OS. The van der Waals surface area contributed by atoms with E-state index in [1.54, 1.807) is 18.3 Å². The zero-order valence-corrected chi connectivity index (χ0v) is 16.0. The van der Waals surface area contributed by atoms with Crippen molar-refractivity contribution in [2.45, 2.75) is 37.0 Å². The van der Waals surface area contributed by atoms with Gasteiger partial charge in [0.05, 0.1) is 0 Å². The minimum absolute atomic E-state index is 0.238. The number of hydrogen-bond acceptors (Lipinski definition) is 4. The summed E-state index contributed by atoms with van der Waals surface area (Å²) in [6, 6.07) is 10.1. The molecule has 1 N–H and O–H groups in total. The number of carbonyl (C=O) groups excluding carboxylic acids is 1. The molecule has 0 spiro atoms. The summed E-state index contributed by atoms with van der Waals surface area (Å²) in [6.45, 7) is 4.71. The predicted molar refractivity (Wildman–Crippen MR) is 104 cm³/mol. The summed E-state index contributed by atoms with van der Waals surface area (Å²) in [6.07, 6.45) is 4.16. The number of alkyl halides is 2. The highest BCUT2D eigenvalue weighted by Gasteiger charge is 2.16. The van der Waals surface area contributed by atoms with Crippen LogP contribution < -0.4 is 10.2 Å². The molecule has 144 valence electrons. The van der Waals surface area contributed by atoms with E-state index in [4.69, 9.17) is 0 Å². The van der Waals surface area contributed by atoms with Crippen molar-refractivity contribution in [1.82, 2.24) is 10.3 Å². The fourth-order valence-corrected chi connectivity index (χ4v) is 3.52. The summed E-state index contributed by atoms with van der Waals surface area (Å²) >= 11 is 0.465. The highest BCUT2D eigenvalue weighted by atomic mass is 32.2.